The van der Waals surface area contributed by atoms with Crippen molar-refractivity contribution in [3.63, 3.8) is 0 Å². The summed E-state index contributed by atoms with van der Waals surface area (Å²) >= 11 is 0. The number of rotatable bonds is 8. The number of aryl methyl sites for hydroxylation is 1. The smallest absolute Gasteiger partial charge is 0.166 e. The van der Waals surface area contributed by atoms with Crippen molar-refractivity contribution >= 4 is 0 Å². The largest absolute Gasteiger partial charge is 0.493 e. The highest BCUT2D eigenvalue weighted by molar-refractivity contribution is 5.46. The summed E-state index contributed by atoms with van der Waals surface area (Å²) < 4.78 is 11.6. The van der Waals surface area contributed by atoms with Crippen LogP contribution in [0, 0.1) is 6.92 Å². The van der Waals surface area contributed by atoms with Gasteiger partial charge in [-0.2, -0.15) is 0 Å². The first-order valence-corrected chi connectivity index (χ1v) is 8.21. The Bertz CT molecular complexity index is 625. The number of hydrogen-bond donors (Lipinski definition) is 1. The van der Waals surface area contributed by atoms with Gasteiger partial charge in [-0.15, -0.1) is 0 Å². The quantitative estimate of drug-likeness (QED) is 0.780. The lowest BCUT2D eigenvalue weighted by Crippen LogP contribution is -2.24. The van der Waals surface area contributed by atoms with Gasteiger partial charge in [-0.1, -0.05) is 48.9 Å². The van der Waals surface area contributed by atoms with Gasteiger partial charge in [0.25, 0.3) is 0 Å². The predicted octanol–water partition coefficient (Wildman–Crippen LogP) is 4.47. The van der Waals surface area contributed by atoms with Gasteiger partial charge in [0.2, 0.25) is 0 Å². The molecule has 0 radical (unpaired) electrons. The van der Waals surface area contributed by atoms with Crippen LogP contribution in [-0.2, 0) is 13.2 Å². The minimum absolute atomic E-state index is 0.478. The maximum Gasteiger partial charge on any atom is 0.166 e. The van der Waals surface area contributed by atoms with Gasteiger partial charge in [0.1, 0.15) is 6.61 Å². The third-order valence-corrected chi connectivity index (χ3v) is 4.00. The van der Waals surface area contributed by atoms with Crippen molar-refractivity contribution in [2.24, 2.45) is 0 Å². The Labute approximate surface area is 139 Å². The van der Waals surface area contributed by atoms with Gasteiger partial charge >= 0.3 is 0 Å². The molecule has 0 aliphatic rings. The normalized spacial score (nSPS) is 12.0. The molecule has 0 aliphatic heterocycles. The van der Waals surface area contributed by atoms with Gasteiger partial charge in [0.05, 0.1) is 7.11 Å². The molecular formula is C20H27NO2. The zero-order chi connectivity index (χ0) is 16.7. The number of nitrogens with one attached hydrogen (secondary N) is 1. The van der Waals surface area contributed by atoms with E-state index in [2.05, 4.69) is 56.4 Å². The summed E-state index contributed by atoms with van der Waals surface area (Å²) in [5, 5.41) is 3.51. The standard InChI is InChI=1S/C20H27NO2/c1-5-16(3)21-13-18-10-7-11-19(22-4)20(18)23-14-17-9-6-8-15(2)12-17/h6-12,16,21H,5,13-14H2,1-4H3/t16-/m0/s1. The first kappa shape index (κ1) is 17.4. The fourth-order valence-electron chi connectivity index (χ4n) is 2.41. The molecule has 3 heteroatoms. The lowest BCUT2D eigenvalue weighted by molar-refractivity contribution is 0.280. The molecule has 2 aromatic rings. The van der Waals surface area contributed by atoms with E-state index in [0.29, 0.717) is 12.6 Å². The van der Waals surface area contributed by atoms with Crippen molar-refractivity contribution in [3.8, 4) is 11.5 Å². The summed E-state index contributed by atoms with van der Waals surface area (Å²) in [5.41, 5.74) is 3.53. The highest BCUT2D eigenvalue weighted by atomic mass is 16.5. The summed E-state index contributed by atoms with van der Waals surface area (Å²) in [6, 6.07) is 14.9. The summed E-state index contributed by atoms with van der Waals surface area (Å²) in [6.45, 7) is 7.77. The van der Waals surface area contributed by atoms with Crippen LogP contribution in [0.1, 0.15) is 37.0 Å². The van der Waals surface area contributed by atoms with E-state index in [1.807, 2.05) is 12.1 Å². The van der Waals surface area contributed by atoms with Crippen LogP contribution in [0.2, 0.25) is 0 Å². The SMILES string of the molecule is CC[C@H](C)NCc1cccc(OC)c1OCc1cccc(C)c1. The molecule has 0 fully saturated rings. The Kier molecular flexibility index (Phi) is 6.48. The first-order valence-electron chi connectivity index (χ1n) is 8.21. The van der Waals surface area contributed by atoms with E-state index in [0.717, 1.165) is 35.6 Å². The van der Waals surface area contributed by atoms with Gasteiger partial charge in [0.15, 0.2) is 11.5 Å². The lowest BCUT2D eigenvalue weighted by atomic mass is 10.1. The van der Waals surface area contributed by atoms with E-state index in [9.17, 15) is 0 Å². The molecule has 0 saturated heterocycles. The molecule has 1 N–H and O–H groups in total. The highest BCUT2D eigenvalue weighted by Crippen LogP contribution is 2.32. The second kappa shape index (κ2) is 8.59. The molecule has 0 unspecified atom stereocenters. The second-order valence-electron chi connectivity index (χ2n) is 5.92. The van der Waals surface area contributed by atoms with E-state index >= 15 is 0 Å². The summed E-state index contributed by atoms with van der Waals surface area (Å²) in [7, 11) is 1.68. The Morgan fingerprint density at radius 3 is 2.61 bits per heavy atom. The molecule has 0 aliphatic carbocycles. The predicted molar refractivity (Wildman–Crippen MR) is 95.1 cm³/mol. The van der Waals surface area contributed by atoms with Crippen molar-refractivity contribution in [1.29, 1.82) is 0 Å². The van der Waals surface area contributed by atoms with Crippen LogP contribution in [0.25, 0.3) is 0 Å². The van der Waals surface area contributed by atoms with E-state index in [4.69, 9.17) is 9.47 Å². The number of ether oxygens (including phenoxy) is 2. The van der Waals surface area contributed by atoms with Gasteiger partial charge in [-0.05, 0) is 31.9 Å². The molecule has 0 amide bonds. The molecule has 0 saturated carbocycles. The van der Waals surface area contributed by atoms with E-state index in [-0.39, 0.29) is 0 Å². The van der Waals surface area contributed by atoms with Crippen LogP contribution in [0.5, 0.6) is 11.5 Å². The van der Waals surface area contributed by atoms with Gasteiger partial charge in [-0.3, -0.25) is 0 Å². The van der Waals surface area contributed by atoms with Crippen molar-refractivity contribution in [2.75, 3.05) is 7.11 Å². The Morgan fingerprint density at radius 2 is 1.91 bits per heavy atom. The number of para-hydroxylation sites is 1. The van der Waals surface area contributed by atoms with Crippen LogP contribution in [0.3, 0.4) is 0 Å². The minimum atomic E-state index is 0.478. The molecule has 0 heterocycles. The van der Waals surface area contributed by atoms with Crippen molar-refractivity contribution in [2.45, 2.75) is 46.4 Å². The summed E-state index contributed by atoms with van der Waals surface area (Å²) in [6.07, 6.45) is 1.10. The summed E-state index contributed by atoms with van der Waals surface area (Å²) in [4.78, 5) is 0. The van der Waals surface area contributed by atoms with Crippen molar-refractivity contribution in [1.82, 2.24) is 5.32 Å². The molecule has 1 atom stereocenters. The van der Waals surface area contributed by atoms with Gasteiger partial charge in [-0.25, -0.2) is 0 Å². The van der Waals surface area contributed by atoms with E-state index in [1.54, 1.807) is 7.11 Å². The monoisotopic (exact) mass is 313 g/mol. The molecule has 0 bridgehead atoms. The maximum atomic E-state index is 6.10. The topological polar surface area (TPSA) is 30.5 Å². The lowest BCUT2D eigenvalue weighted by Gasteiger charge is -2.17. The molecule has 0 aromatic heterocycles. The number of benzene rings is 2. The zero-order valence-corrected chi connectivity index (χ0v) is 14.6. The van der Waals surface area contributed by atoms with Crippen LogP contribution >= 0.6 is 0 Å². The van der Waals surface area contributed by atoms with Crippen LogP contribution in [0.4, 0.5) is 0 Å². The molecule has 23 heavy (non-hydrogen) atoms. The van der Waals surface area contributed by atoms with Gasteiger partial charge in [0, 0.05) is 18.2 Å². The molecule has 3 nitrogen and oxygen atoms in total. The third kappa shape index (κ3) is 5.00. The Hall–Kier alpha value is -2.00. The zero-order valence-electron chi connectivity index (χ0n) is 14.6. The van der Waals surface area contributed by atoms with Crippen LogP contribution < -0.4 is 14.8 Å². The fourth-order valence-corrected chi connectivity index (χ4v) is 2.41. The summed E-state index contributed by atoms with van der Waals surface area (Å²) in [5.74, 6) is 1.61. The van der Waals surface area contributed by atoms with Crippen molar-refractivity contribution in [3.05, 3.63) is 59.2 Å². The third-order valence-electron chi connectivity index (χ3n) is 4.00. The van der Waals surface area contributed by atoms with Crippen LogP contribution in [-0.4, -0.2) is 13.2 Å². The van der Waals surface area contributed by atoms with E-state index < -0.39 is 0 Å². The second-order valence-corrected chi connectivity index (χ2v) is 5.92. The highest BCUT2D eigenvalue weighted by Gasteiger charge is 2.11. The molecule has 2 aromatic carbocycles. The van der Waals surface area contributed by atoms with Gasteiger partial charge < -0.3 is 14.8 Å². The number of methoxy groups -OCH3 is 1. The van der Waals surface area contributed by atoms with E-state index in [1.165, 1.54) is 5.56 Å². The first-order chi connectivity index (χ1) is 11.1. The Balaban J connectivity index is 2.14. The molecule has 2 rings (SSSR count). The molecule has 124 valence electrons. The average Bonchev–Trinajstić information content (AvgIpc) is 2.57. The molecular weight excluding hydrogens is 286 g/mol. The maximum absolute atomic E-state index is 6.10. The minimum Gasteiger partial charge on any atom is -0.493 e. The Morgan fingerprint density at radius 1 is 1.13 bits per heavy atom. The van der Waals surface area contributed by atoms with Crippen molar-refractivity contribution < 1.29 is 9.47 Å². The number of hydrogen-bond acceptors (Lipinski definition) is 3. The molecule has 0 spiro atoms. The van der Waals surface area contributed by atoms with Crippen LogP contribution in [0.15, 0.2) is 42.5 Å². The average molecular weight is 313 g/mol. The fraction of sp³-hybridized carbons (Fsp3) is 0.400.